The van der Waals surface area contributed by atoms with E-state index in [-0.39, 0.29) is 5.76 Å². The number of rotatable bonds is 7. The van der Waals surface area contributed by atoms with Gasteiger partial charge < -0.3 is 14.1 Å². The largest absolute Gasteiger partial charge is 0.461 e. The zero-order chi connectivity index (χ0) is 21.1. The van der Waals surface area contributed by atoms with Gasteiger partial charge >= 0.3 is 0 Å². The van der Waals surface area contributed by atoms with Crippen molar-refractivity contribution in [3.63, 3.8) is 0 Å². The molecule has 2 aromatic rings. The molecule has 0 aliphatic carbocycles. The minimum absolute atomic E-state index is 0.0310. The SMILES string of the molecule is O=C1C(=O)N(CCCN2CCOCC2)C(c2ccc(F)cc2)C1C(=O)c1ccco1. The highest BCUT2D eigenvalue weighted by molar-refractivity contribution is 6.43. The molecular formula is C22H23FN2O5. The summed E-state index contributed by atoms with van der Waals surface area (Å²) in [5, 5.41) is 0. The van der Waals surface area contributed by atoms with Crippen molar-refractivity contribution >= 4 is 17.5 Å². The Morgan fingerprint density at radius 3 is 2.47 bits per heavy atom. The van der Waals surface area contributed by atoms with Crippen LogP contribution in [-0.4, -0.2) is 66.7 Å². The minimum Gasteiger partial charge on any atom is -0.461 e. The molecule has 7 nitrogen and oxygen atoms in total. The molecule has 2 atom stereocenters. The molecule has 2 aliphatic rings. The fourth-order valence-corrected chi connectivity index (χ4v) is 4.12. The molecule has 158 valence electrons. The second-order valence-corrected chi connectivity index (χ2v) is 7.49. The quantitative estimate of drug-likeness (QED) is 0.392. The van der Waals surface area contributed by atoms with E-state index in [2.05, 4.69) is 4.90 Å². The summed E-state index contributed by atoms with van der Waals surface area (Å²) in [6.45, 7) is 4.10. The summed E-state index contributed by atoms with van der Waals surface area (Å²) in [4.78, 5) is 42.3. The van der Waals surface area contributed by atoms with Gasteiger partial charge in [-0.25, -0.2) is 4.39 Å². The number of Topliss-reactive ketones (excluding diaryl/α,β-unsaturated/α-hetero) is 2. The molecule has 1 aromatic carbocycles. The van der Waals surface area contributed by atoms with E-state index in [1.54, 1.807) is 6.07 Å². The number of benzene rings is 1. The highest BCUT2D eigenvalue weighted by Crippen LogP contribution is 2.38. The first-order chi connectivity index (χ1) is 14.6. The second-order valence-electron chi connectivity index (χ2n) is 7.49. The van der Waals surface area contributed by atoms with E-state index in [9.17, 15) is 18.8 Å². The maximum atomic E-state index is 13.5. The average molecular weight is 414 g/mol. The number of hydrogen-bond donors (Lipinski definition) is 0. The van der Waals surface area contributed by atoms with Crippen molar-refractivity contribution in [2.75, 3.05) is 39.4 Å². The van der Waals surface area contributed by atoms with Crippen molar-refractivity contribution in [1.82, 2.24) is 9.80 Å². The van der Waals surface area contributed by atoms with Gasteiger partial charge in [0.25, 0.3) is 5.91 Å². The predicted octanol–water partition coefficient (Wildman–Crippen LogP) is 2.09. The molecule has 2 saturated heterocycles. The number of amides is 1. The second kappa shape index (κ2) is 8.89. The van der Waals surface area contributed by atoms with Gasteiger partial charge in [-0.2, -0.15) is 0 Å². The molecule has 2 aliphatic heterocycles. The maximum absolute atomic E-state index is 13.5. The van der Waals surface area contributed by atoms with Gasteiger partial charge in [0.1, 0.15) is 11.7 Å². The lowest BCUT2D eigenvalue weighted by Crippen LogP contribution is -2.39. The van der Waals surface area contributed by atoms with Gasteiger partial charge in [0.15, 0.2) is 5.76 Å². The monoisotopic (exact) mass is 414 g/mol. The zero-order valence-corrected chi connectivity index (χ0v) is 16.5. The van der Waals surface area contributed by atoms with Crippen LogP contribution >= 0.6 is 0 Å². The van der Waals surface area contributed by atoms with Crippen LogP contribution in [0.25, 0.3) is 0 Å². The van der Waals surface area contributed by atoms with Gasteiger partial charge in [-0.3, -0.25) is 19.3 Å². The van der Waals surface area contributed by atoms with Crippen molar-refractivity contribution in [3.8, 4) is 0 Å². The summed E-state index contributed by atoms with van der Waals surface area (Å²) in [6, 6.07) is 7.82. The van der Waals surface area contributed by atoms with Crippen LogP contribution in [0.3, 0.4) is 0 Å². The Labute approximate surface area is 173 Å². The predicted molar refractivity (Wildman–Crippen MR) is 104 cm³/mol. The summed E-state index contributed by atoms with van der Waals surface area (Å²) >= 11 is 0. The summed E-state index contributed by atoms with van der Waals surface area (Å²) < 4.78 is 24.0. The Hall–Kier alpha value is -2.84. The van der Waals surface area contributed by atoms with Crippen LogP contribution in [0.1, 0.15) is 28.6 Å². The van der Waals surface area contributed by atoms with E-state index in [1.807, 2.05) is 0 Å². The lowest BCUT2D eigenvalue weighted by molar-refractivity contribution is -0.140. The number of furan rings is 1. The Balaban J connectivity index is 1.58. The van der Waals surface area contributed by atoms with Gasteiger partial charge in [0.05, 0.1) is 25.5 Å². The molecule has 0 N–H and O–H groups in total. The first-order valence-corrected chi connectivity index (χ1v) is 10.0. The first-order valence-electron chi connectivity index (χ1n) is 10.0. The molecule has 2 unspecified atom stereocenters. The Kier molecular flexibility index (Phi) is 6.06. The number of carbonyl (C=O) groups excluding carboxylic acids is 3. The molecular weight excluding hydrogens is 391 g/mol. The average Bonchev–Trinajstić information content (AvgIpc) is 3.38. The maximum Gasteiger partial charge on any atom is 0.291 e. The Morgan fingerprint density at radius 1 is 1.07 bits per heavy atom. The normalized spacial score (nSPS) is 22.6. The third-order valence-electron chi connectivity index (χ3n) is 5.64. The number of ketones is 2. The zero-order valence-electron chi connectivity index (χ0n) is 16.5. The van der Waals surface area contributed by atoms with Crippen molar-refractivity contribution in [2.45, 2.75) is 12.5 Å². The molecule has 3 heterocycles. The topological polar surface area (TPSA) is 80.1 Å². The molecule has 2 fully saturated rings. The summed E-state index contributed by atoms with van der Waals surface area (Å²) in [5.74, 6) is -3.58. The lowest BCUT2D eigenvalue weighted by atomic mass is 9.88. The highest BCUT2D eigenvalue weighted by Gasteiger charge is 2.52. The lowest BCUT2D eigenvalue weighted by Gasteiger charge is -2.30. The molecule has 0 spiro atoms. The highest BCUT2D eigenvalue weighted by atomic mass is 19.1. The van der Waals surface area contributed by atoms with Gasteiger partial charge in [-0.15, -0.1) is 0 Å². The van der Waals surface area contributed by atoms with Crippen molar-refractivity contribution in [1.29, 1.82) is 0 Å². The number of likely N-dealkylation sites (tertiary alicyclic amines) is 1. The van der Waals surface area contributed by atoms with Crippen LogP contribution in [0.15, 0.2) is 47.1 Å². The summed E-state index contributed by atoms with van der Waals surface area (Å²) in [7, 11) is 0. The number of ether oxygens (including phenoxy) is 1. The number of morpholine rings is 1. The van der Waals surface area contributed by atoms with Gasteiger partial charge in [0.2, 0.25) is 11.6 Å². The van der Waals surface area contributed by atoms with Crippen molar-refractivity contribution < 1.29 is 27.9 Å². The van der Waals surface area contributed by atoms with E-state index < -0.39 is 35.3 Å². The number of hydrogen-bond acceptors (Lipinski definition) is 6. The number of nitrogens with zero attached hydrogens (tertiary/aromatic N) is 2. The fourth-order valence-electron chi connectivity index (χ4n) is 4.12. The van der Waals surface area contributed by atoms with Crippen LogP contribution in [0.5, 0.6) is 0 Å². The molecule has 0 radical (unpaired) electrons. The molecule has 4 rings (SSSR count). The molecule has 30 heavy (non-hydrogen) atoms. The van der Waals surface area contributed by atoms with Gasteiger partial charge in [-0.1, -0.05) is 12.1 Å². The van der Waals surface area contributed by atoms with Gasteiger partial charge in [-0.05, 0) is 36.2 Å². The first kappa shape index (κ1) is 20.4. The van der Waals surface area contributed by atoms with Crippen LogP contribution in [0.2, 0.25) is 0 Å². The van der Waals surface area contributed by atoms with Crippen molar-refractivity contribution in [3.05, 3.63) is 59.8 Å². The molecule has 1 amide bonds. The van der Waals surface area contributed by atoms with E-state index in [0.29, 0.717) is 31.7 Å². The molecule has 1 aromatic heterocycles. The molecule has 0 saturated carbocycles. The van der Waals surface area contributed by atoms with E-state index in [4.69, 9.17) is 9.15 Å². The smallest absolute Gasteiger partial charge is 0.291 e. The van der Waals surface area contributed by atoms with Crippen molar-refractivity contribution in [2.24, 2.45) is 5.92 Å². The van der Waals surface area contributed by atoms with Crippen LogP contribution in [-0.2, 0) is 14.3 Å². The van der Waals surface area contributed by atoms with E-state index in [1.165, 1.54) is 41.5 Å². The Morgan fingerprint density at radius 2 is 1.80 bits per heavy atom. The van der Waals surface area contributed by atoms with Gasteiger partial charge in [0, 0.05) is 26.2 Å². The minimum atomic E-state index is -1.21. The van der Waals surface area contributed by atoms with Crippen LogP contribution in [0, 0.1) is 11.7 Å². The van der Waals surface area contributed by atoms with Crippen LogP contribution < -0.4 is 0 Å². The third-order valence-corrected chi connectivity index (χ3v) is 5.64. The number of carbonyl (C=O) groups is 3. The summed E-state index contributed by atoms with van der Waals surface area (Å²) in [6.07, 6.45) is 2.00. The number of halogens is 1. The Bertz CT molecular complexity index is 906. The molecule has 8 heteroatoms. The van der Waals surface area contributed by atoms with Crippen LogP contribution in [0.4, 0.5) is 4.39 Å². The standard InChI is InChI=1S/C22H23FN2O5/c23-16-6-4-15(5-7-16)19-18(20(26)17-3-1-12-30-17)21(27)22(28)25(19)9-2-8-24-10-13-29-14-11-24/h1,3-7,12,18-19H,2,8-11,13-14H2. The summed E-state index contributed by atoms with van der Waals surface area (Å²) in [5.41, 5.74) is 0.548. The van der Waals surface area contributed by atoms with E-state index >= 15 is 0 Å². The third kappa shape index (κ3) is 4.06. The molecule has 0 bridgehead atoms. The fraction of sp³-hybridized carbons (Fsp3) is 0.409. The van der Waals surface area contributed by atoms with E-state index in [0.717, 1.165) is 19.6 Å².